The minimum Gasteiger partial charge on any atom is -0.399 e. The molecule has 0 aliphatic carbocycles. The number of rotatable bonds is 4. The molecule has 2 rings (SSSR count). The molecule has 0 spiro atoms. The van der Waals surface area contributed by atoms with E-state index in [2.05, 4.69) is 21.1 Å². The molecule has 6 heteroatoms. The molecule has 5 nitrogen and oxygen atoms in total. The Bertz CT molecular complexity index is 429. The highest BCUT2D eigenvalue weighted by Gasteiger charge is 2.25. The van der Waals surface area contributed by atoms with Crippen molar-refractivity contribution in [3.63, 3.8) is 0 Å². The zero-order valence-electron chi connectivity index (χ0n) is 10.4. The van der Waals surface area contributed by atoms with Crippen LogP contribution in [-0.2, 0) is 16.2 Å². The number of anilines is 1. The molecular formula is C11H16BN3O2. The summed E-state index contributed by atoms with van der Waals surface area (Å²) in [6, 6.07) is 2.11. The van der Waals surface area contributed by atoms with Gasteiger partial charge in [0, 0.05) is 18.9 Å². The van der Waals surface area contributed by atoms with Gasteiger partial charge in [-0.25, -0.2) is 4.98 Å². The van der Waals surface area contributed by atoms with Gasteiger partial charge in [-0.3, -0.25) is 0 Å². The van der Waals surface area contributed by atoms with E-state index in [4.69, 9.17) is 9.57 Å². The molecule has 1 aromatic heterocycles. The fourth-order valence-electron chi connectivity index (χ4n) is 1.90. The van der Waals surface area contributed by atoms with Gasteiger partial charge in [0.1, 0.15) is 20.8 Å². The summed E-state index contributed by atoms with van der Waals surface area (Å²) in [5, 5.41) is 3.91. The molecule has 0 aromatic carbocycles. The van der Waals surface area contributed by atoms with E-state index < -0.39 is 0 Å². The number of ether oxygens (including phenoxy) is 1. The quantitative estimate of drug-likeness (QED) is 0.510. The van der Waals surface area contributed by atoms with Crippen molar-refractivity contribution in [3.8, 4) is 0 Å². The van der Waals surface area contributed by atoms with Crippen LogP contribution in [0, 0.1) is 0 Å². The zero-order chi connectivity index (χ0) is 12.3. The van der Waals surface area contributed by atoms with Crippen molar-refractivity contribution in [2.24, 2.45) is 5.16 Å². The van der Waals surface area contributed by atoms with Crippen molar-refractivity contribution in [2.45, 2.75) is 6.61 Å². The maximum atomic E-state index is 5.20. The number of nitrogens with zero attached hydrogens (tertiary/aromatic N) is 3. The summed E-state index contributed by atoms with van der Waals surface area (Å²) >= 11 is 0. The summed E-state index contributed by atoms with van der Waals surface area (Å²) in [4.78, 5) is 11.4. The second-order valence-corrected chi connectivity index (χ2v) is 4.12. The molecule has 0 N–H and O–H groups in total. The van der Waals surface area contributed by atoms with Gasteiger partial charge in [0.15, 0.2) is 0 Å². The normalized spacial score (nSPS) is 14.5. The van der Waals surface area contributed by atoms with Crippen molar-refractivity contribution in [2.75, 3.05) is 32.2 Å². The maximum Gasteiger partial charge on any atom is 0.141 e. The summed E-state index contributed by atoms with van der Waals surface area (Å²) in [6.07, 6.45) is 1.87. The van der Waals surface area contributed by atoms with Crippen LogP contribution in [0.5, 0.6) is 0 Å². The van der Waals surface area contributed by atoms with Gasteiger partial charge in [0.25, 0.3) is 0 Å². The maximum absolute atomic E-state index is 5.20. The lowest BCUT2D eigenvalue weighted by molar-refractivity contribution is 0.185. The minimum atomic E-state index is 0.581. The molecule has 1 fully saturated rings. The molecule has 1 aromatic rings. The van der Waals surface area contributed by atoms with E-state index in [-0.39, 0.29) is 0 Å². The van der Waals surface area contributed by atoms with E-state index in [9.17, 15) is 0 Å². The molecule has 1 aliphatic rings. The average molecular weight is 233 g/mol. The van der Waals surface area contributed by atoms with Gasteiger partial charge in [-0.15, -0.1) is 0 Å². The third-order valence-electron chi connectivity index (χ3n) is 2.65. The molecule has 0 amide bonds. The summed E-state index contributed by atoms with van der Waals surface area (Å²) in [5.41, 5.74) is 3.30. The fraction of sp³-hybridized carbons (Fsp3) is 0.455. The SMILES string of the molecule is Bc1cnc(N2CC(=NOC)C2)c(COC)c1. The highest BCUT2D eigenvalue weighted by Crippen LogP contribution is 2.21. The standard InChI is InChI=1S/C11H16BN3O2/c1-16-7-8-3-9(12)4-13-11(8)15-5-10(6-15)14-17-2/h3-4H,5-7,12H2,1-2H3. The van der Waals surface area contributed by atoms with E-state index in [1.54, 1.807) is 14.2 Å². The van der Waals surface area contributed by atoms with Crippen molar-refractivity contribution < 1.29 is 9.57 Å². The number of hydrogen-bond donors (Lipinski definition) is 0. The Kier molecular flexibility index (Phi) is 3.63. The van der Waals surface area contributed by atoms with Crippen molar-refractivity contribution in [1.29, 1.82) is 0 Å². The molecule has 0 unspecified atom stereocenters. The zero-order valence-corrected chi connectivity index (χ0v) is 10.4. The lowest BCUT2D eigenvalue weighted by Gasteiger charge is -2.34. The highest BCUT2D eigenvalue weighted by atomic mass is 16.6. The smallest absolute Gasteiger partial charge is 0.141 e. The lowest BCUT2D eigenvalue weighted by Crippen LogP contribution is -2.48. The second kappa shape index (κ2) is 5.18. The molecule has 0 saturated carbocycles. The molecular weight excluding hydrogens is 217 g/mol. The van der Waals surface area contributed by atoms with Crippen LogP contribution < -0.4 is 10.4 Å². The molecule has 1 aliphatic heterocycles. The number of hydrogen-bond acceptors (Lipinski definition) is 5. The van der Waals surface area contributed by atoms with Gasteiger partial charge in [-0.2, -0.15) is 0 Å². The van der Waals surface area contributed by atoms with E-state index in [1.807, 2.05) is 14.0 Å². The van der Waals surface area contributed by atoms with Crippen LogP contribution in [0.3, 0.4) is 0 Å². The molecule has 17 heavy (non-hydrogen) atoms. The number of oxime groups is 1. The topological polar surface area (TPSA) is 47.0 Å². The third kappa shape index (κ3) is 2.58. The first-order valence-corrected chi connectivity index (χ1v) is 5.53. The monoisotopic (exact) mass is 233 g/mol. The summed E-state index contributed by atoms with van der Waals surface area (Å²) in [6.45, 7) is 2.14. The molecule has 0 atom stereocenters. The van der Waals surface area contributed by atoms with Gasteiger partial charge in [-0.05, 0) is 0 Å². The first-order chi connectivity index (χ1) is 8.24. The Hall–Kier alpha value is -1.56. The number of pyridine rings is 1. The molecule has 1 saturated heterocycles. The van der Waals surface area contributed by atoms with Crippen LogP contribution in [0.2, 0.25) is 0 Å². The molecule has 0 radical (unpaired) electrons. The first-order valence-electron chi connectivity index (χ1n) is 5.53. The van der Waals surface area contributed by atoms with Gasteiger partial charge in [0.2, 0.25) is 0 Å². The van der Waals surface area contributed by atoms with Crippen LogP contribution in [0.1, 0.15) is 5.56 Å². The Morgan fingerprint density at radius 1 is 1.47 bits per heavy atom. The van der Waals surface area contributed by atoms with Crippen molar-refractivity contribution >= 4 is 24.8 Å². The third-order valence-corrected chi connectivity index (χ3v) is 2.65. The van der Waals surface area contributed by atoms with Gasteiger partial charge in [-0.1, -0.05) is 16.7 Å². The van der Waals surface area contributed by atoms with Gasteiger partial charge in [0.05, 0.1) is 25.4 Å². The Morgan fingerprint density at radius 3 is 2.88 bits per heavy atom. The highest BCUT2D eigenvalue weighted by molar-refractivity contribution is 6.32. The Balaban J connectivity index is 2.13. The minimum absolute atomic E-state index is 0.581. The second-order valence-electron chi connectivity index (χ2n) is 4.12. The van der Waals surface area contributed by atoms with Crippen LogP contribution in [-0.4, -0.2) is 45.9 Å². The Labute approximate surface area is 102 Å². The average Bonchev–Trinajstić information content (AvgIpc) is 2.25. The van der Waals surface area contributed by atoms with Gasteiger partial charge >= 0.3 is 0 Å². The van der Waals surface area contributed by atoms with E-state index >= 15 is 0 Å². The van der Waals surface area contributed by atoms with Crippen LogP contribution in [0.25, 0.3) is 0 Å². The molecule has 90 valence electrons. The van der Waals surface area contributed by atoms with Crippen molar-refractivity contribution in [3.05, 3.63) is 17.8 Å². The lowest BCUT2D eigenvalue weighted by atomic mass is 9.96. The largest absolute Gasteiger partial charge is 0.399 e. The summed E-state index contributed by atoms with van der Waals surface area (Å²) < 4.78 is 5.20. The molecule has 0 bridgehead atoms. The van der Waals surface area contributed by atoms with E-state index in [0.29, 0.717) is 6.61 Å². The fourth-order valence-corrected chi connectivity index (χ4v) is 1.90. The predicted octanol–water partition coefficient (Wildman–Crippen LogP) is -0.691. The van der Waals surface area contributed by atoms with Crippen LogP contribution in [0.15, 0.2) is 17.4 Å². The summed E-state index contributed by atoms with van der Waals surface area (Å²) in [5.74, 6) is 0.979. The van der Waals surface area contributed by atoms with Crippen LogP contribution in [0.4, 0.5) is 5.82 Å². The van der Waals surface area contributed by atoms with E-state index in [1.165, 1.54) is 0 Å². The first kappa shape index (κ1) is 11.9. The molecule has 2 heterocycles. The van der Waals surface area contributed by atoms with Gasteiger partial charge < -0.3 is 14.5 Å². The number of aromatic nitrogens is 1. The Morgan fingerprint density at radius 2 is 2.24 bits per heavy atom. The summed E-state index contributed by atoms with van der Waals surface area (Å²) in [7, 11) is 5.29. The van der Waals surface area contributed by atoms with Crippen molar-refractivity contribution in [1.82, 2.24) is 4.98 Å². The predicted molar refractivity (Wildman–Crippen MR) is 69.8 cm³/mol. The number of methoxy groups -OCH3 is 1. The van der Waals surface area contributed by atoms with E-state index in [0.717, 1.165) is 35.6 Å². The van der Waals surface area contributed by atoms with Crippen LogP contribution >= 0.6 is 0 Å².